The van der Waals surface area contributed by atoms with Gasteiger partial charge in [-0.15, -0.1) is 0 Å². The molecule has 0 bridgehead atoms. The second-order valence-corrected chi connectivity index (χ2v) is 5.63. The Morgan fingerprint density at radius 1 is 1.33 bits per heavy atom. The molecule has 1 fully saturated rings. The molecule has 1 aromatic heterocycles. The van der Waals surface area contributed by atoms with Gasteiger partial charge in [0, 0.05) is 30.5 Å². The molecule has 1 aliphatic carbocycles. The molecule has 5 heteroatoms. The van der Waals surface area contributed by atoms with Gasteiger partial charge >= 0.3 is 0 Å². The molecule has 0 radical (unpaired) electrons. The van der Waals surface area contributed by atoms with Crippen LogP contribution in [0, 0.1) is 6.92 Å². The van der Waals surface area contributed by atoms with Crippen molar-refractivity contribution in [2.45, 2.75) is 31.8 Å². The van der Waals surface area contributed by atoms with Crippen LogP contribution in [0.4, 0.5) is 5.69 Å². The number of hydrogen-bond donors (Lipinski definition) is 2. The fourth-order valence-electron chi connectivity index (χ4n) is 2.39. The summed E-state index contributed by atoms with van der Waals surface area (Å²) >= 11 is 0. The van der Waals surface area contributed by atoms with Gasteiger partial charge in [0.05, 0.1) is 6.20 Å². The fourth-order valence-corrected chi connectivity index (χ4v) is 2.39. The highest BCUT2D eigenvalue weighted by atomic mass is 16.2. The molecule has 2 aromatic rings. The van der Waals surface area contributed by atoms with E-state index in [2.05, 4.69) is 15.7 Å². The second-order valence-electron chi connectivity index (χ2n) is 5.63. The molecular weight excluding hydrogens is 264 g/mol. The molecule has 1 heterocycles. The number of para-hydroxylation sites is 1. The molecule has 5 nitrogen and oxygen atoms in total. The van der Waals surface area contributed by atoms with E-state index in [0.717, 1.165) is 29.8 Å². The Morgan fingerprint density at radius 2 is 2.05 bits per heavy atom. The van der Waals surface area contributed by atoms with Crippen molar-refractivity contribution in [3.8, 4) is 0 Å². The Bertz CT molecular complexity index is 644. The van der Waals surface area contributed by atoms with E-state index in [4.69, 9.17) is 0 Å². The van der Waals surface area contributed by atoms with Gasteiger partial charge in [-0.3, -0.25) is 9.48 Å². The van der Waals surface area contributed by atoms with Crippen molar-refractivity contribution < 1.29 is 4.79 Å². The smallest absolute Gasteiger partial charge is 0.245 e. The summed E-state index contributed by atoms with van der Waals surface area (Å²) in [7, 11) is 1.90. The van der Waals surface area contributed by atoms with Crippen molar-refractivity contribution in [3.05, 3.63) is 47.8 Å². The average molecular weight is 284 g/mol. The predicted octanol–water partition coefficient (Wildman–Crippen LogP) is 1.99. The largest absolute Gasteiger partial charge is 0.371 e. The van der Waals surface area contributed by atoms with Crippen LogP contribution in [0.15, 0.2) is 36.5 Å². The van der Waals surface area contributed by atoms with E-state index >= 15 is 0 Å². The molecule has 1 amide bonds. The Kier molecular flexibility index (Phi) is 3.41. The molecule has 21 heavy (non-hydrogen) atoms. The number of anilines is 1. The Labute approximate surface area is 124 Å². The van der Waals surface area contributed by atoms with Crippen molar-refractivity contribution >= 4 is 11.6 Å². The van der Waals surface area contributed by atoms with E-state index in [9.17, 15) is 4.79 Å². The Hall–Kier alpha value is -2.30. The van der Waals surface area contributed by atoms with Crippen molar-refractivity contribution in [1.82, 2.24) is 15.1 Å². The van der Waals surface area contributed by atoms with Gasteiger partial charge in [-0.05, 0) is 31.9 Å². The highest BCUT2D eigenvalue weighted by Crippen LogP contribution is 2.39. The summed E-state index contributed by atoms with van der Waals surface area (Å²) < 4.78 is 1.82. The summed E-state index contributed by atoms with van der Waals surface area (Å²) in [6, 6.07) is 9.87. The lowest BCUT2D eigenvalue weighted by Gasteiger charge is -2.18. The van der Waals surface area contributed by atoms with Crippen LogP contribution < -0.4 is 10.6 Å². The van der Waals surface area contributed by atoms with Crippen LogP contribution in [-0.4, -0.2) is 21.2 Å². The molecule has 0 saturated heterocycles. The van der Waals surface area contributed by atoms with Gasteiger partial charge < -0.3 is 10.6 Å². The van der Waals surface area contributed by atoms with E-state index < -0.39 is 5.54 Å². The molecule has 0 atom stereocenters. The summed E-state index contributed by atoms with van der Waals surface area (Å²) in [5.41, 5.74) is 2.69. The number of nitrogens with one attached hydrogen (secondary N) is 2. The summed E-state index contributed by atoms with van der Waals surface area (Å²) in [4.78, 5) is 12.4. The first-order valence-electron chi connectivity index (χ1n) is 7.20. The van der Waals surface area contributed by atoms with Crippen LogP contribution in [-0.2, 0) is 18.4 Å². The number of benzene rings is 1. The lowest BCUT2D eigenvalue weighted by atomic mass is 10.2. The third kappa shape index (κ3) is 2.77. The summed E-state index contributed by atoms with van der Waals surface area (Å²) in [5, 5.41) is 10.6. The minimum absolute atomic E-state index is 0.0645. The zero-order chi connectivity index (χ0) is 14.9. The SMILES string of the molecule is Cc1c(CNC(=O)C2(Nc3ccccc3)CC2)cnn1C. The van der Waals surface area contributed by atoms with Gasteiger partial charge in [-0.1, -0.05) is 18.2 Å². The van der Waals surface area contributed by atoms with Crippen molar-refractivity contribution in [1.29, 1.82) is 0 Å². The van der Waals surface area contributed by atoms with Crippen molar-refractivity contribution in [3.63, 3.8) is 0 Å². The van der Waals surface area contributed by atoms with Gasteiger partial charge in [0.1, 0.15) is 5.54 Å². The number of hydrogen-bond acceptors (Lipinski definition) is 3. The van der Waals surface area contributed by atoms with Crippen LogP contribution in [0.3, 0.4) is 0 Å². The Morgan fingerprint density at radius 3 is 2.62 bits per heavy atom. The van der Waals surface area contributed by atoms with E-state index in [1.165, 1.54) is 0 Å². The molecular formula is C16H20N4O. The van der Waals surface area contributed by atoms with Crippen LogP contribution in [0.2, 0.25) is 0 Å². The number of carbonyl (C=O) groups is 1. The first-order chi connectivity index (χ1) is 10.1. The van der Waals surface area contributed by atoms with Gasteiger partial charge in [0.25, 0.3) is 0 Å². The maximum atomic E-state index is 12.4. The average Bonchev–Trinajstić information content (AvgIpc) is 3.21. The van der Waals surface area contributed by atoms with E-state index in [-0.39, 0.29) is 5.91 Å². The monoisotopic (exact) mass is 284 g/mol. The molecule has 1 aromatic carbocycles. The number of rotatable bonds is 5. The maximum Gasteiger partial charge on any atom is 0.245 e. The van der Waals surface area contributed by atoms with Crippen LogP contribution in [0.25, 0.3) is 0 Å². The molecule has 1 aliphatic rings. The fraction of sp³-hybridized carbons (Fsp3) is 0.375. The van der Waals surface area contributed by atoms with Crippen LogP contribution in [0.5, 0.6) is 0 Å². The number of nitrogens with zero attached hydrogens (tertiary/aromatic N) is 2. The first kappa shape index (κ1) is 13.7. The minimum Gasteiger partial charge on any atom is -0.371 e. The lowest BCUT2D eigenvalue weighted by molar-refractivity contribution is -0.122. The second kappa shape index (κ2) is 5.24. The van der Waals surface area contributed by atoms with Crippen LogP contribution in [0.1, 0.15) is 24.1 Å². The van der Waals surface area contributed by atoms with Crippen molar-refractivity contribution in [2.75, 3.05) is 5.32 Å². The normalized spacial score (nSPS) is 15.5. The number of amides is 1. The molecule has 3 rings (SSSR count). The minimum atomic E-state index is -0.433. The van der Waals surface area contributed by atoms with Gasteiger partial charge in [-0.25, -0.2) is 0 Å². The standard InChI is InChI=1S/C16H20N4O/c1-12-13(11-18-20(12)2)10-17-15(21)16(8-9-16)19-14-6-4-3-5-7-14/h3-7,11,19H,8-10H2,1-2H3,(H,17,21). The number of aryl methyl sites for hydroxylation is 1. The quantitative estimate of drug-likeness (QED) is 0.883. The zero-order valence-electron chi connectivity index (χ0n) is 12.4. The number of aromatic nitrogens is 2. The third-order valence-corrected chi connectivity index (χ3v) is 4.12. The molecule has 0 spiro atoms. The maximum absolute atomic E-state index is 12.4. The highest BCUT2D eigenvalue weighted by Gasteiger charge is 2.49. The summed E-state index contributed by atoms with van der Waals surface area (Å²) in [6.07, 6.45) is 3.55. The topological polar surface area (TPSA) is 59.0 Å². The van der Waals surface area contributed by atoms with Crippen molar-refractivity contribution in [2.24, 2.45) is 7.05 Å². The number of carbonyl (C=O) groups excluding carboxylic acids is 1. The third-order valence-electron chi connectivity index (χ3n) is 4.12. The predicted molar refractivity (Wildman–Crippen MR) is 81.8 cm³/mol. The van der Waals surface area contributed by atoms with E-state index in [0.29, 0.717) is 6.54 Å². The summed E-state index contributed by atoms with van der Waals surface area (Å²) in [6.45, 7) is 2.53. The molecule has 2 N–H and O–H groups in total. The molecule has 0 aliphatic heterocycles. The van der Waals surface area contributed by atoms with Gasteiger partial charge in [0.2, 0.25) is 5.91 Å². The van der Waals surface area contributed by atoms with Gasteiger partial charge in [-0.2, -0.15) is 5.10 Å². The Balaban J connectivity index is 1.61. The van der Waals surface area contributed by atoms with E-state index in [1.807, 2.05) is 49.0 Å². The first-order valence-corrected chi connectivity index (χ1v) is 7.20. The lowest BCUT2D eigenvalue weighted by Crippen LogP contribution is -2.41. The molecule has 1 saturated carbocycles. The van der Waals surface area contributed by atoms with Crippen LogP contribution >= 0.6 is 0 Å². The summed E-state index contributed by atoms with van der Waals surface area (Å²) in [5.74, 6) is 0.0645. The zero-order valence-corrected chi connectivity index (χ0v) is 12.4. The van der Waals surface area contributed by atoms with E-state index in [1.54, 1.807) is 6.20 Å². The molecule has 110 valence electrons. The van der Waals surface area contributed by atoms with Gasteiger partial charge in [0.15, 0.2) is 0 Å². The highest BCUT2D eigenvalue weighted by molar-refractivity contribution is 5.92. The molecule has 0 unspecified atom stereocenters.